The Morgan fingerprint density at radius 2 is 1.53 bits per heavy atom. The Morgan fingerprint density at radius 3 is 2.00 bits per heavy atom. The summed E-state index contributed by atoms with van der Waals surface area (Å²) in [5, 5.41) is 0. The first-order chi connectivity index (χ1) is 8.34. The van der Waals surface area contributed by atoms with Crippen molar-refractivity contribution in [3.05, 3.63) is 53.8 Å². The van der Waals surface area contributed by atoms with Crippen molar-refractivity contribution in [2.24, 2.45) is 0 Å². The molecule has 0 amide bonds. The summed E-state index contributed by atoms with van der Waals surface area (Å²) in [5.74, 6) is 1.94. The van der Waals surface area contributed by atoms with Crippen LogP contribution in [0.2, 0.25) is 0 Å². The number of rotatable bonds is 2. The minimum Gasteiger partial charge on any atom is -0.461 e. The molecule has 0 saturated heterocycles. The average molecular weight is 232 g/mol. The zero-order chi connectivity index (χ0) is 13.1. The van der Waals surface area contributed by atoms with E-state index in [1.807, 2.05) is 58.0 Å². The zero-order valence-corrected chi connectivity index (χ0v) is 11.7. The van der Waals surface area contributed by atoms with Gasteiger partial charge in [0.2, 0.25) is 0 Å². The van der Waals surface area contributed by atoms with Crippen molar-refractivity contribution < 1.29 is 4.74 Å². The van der Waals surface area contributed by atoms with Crippen LogP contribution in [0, 0.1) is 0 Å². The van der Waals surface area contributed by atoms with Crippen LogP contribution in [-0.4, -0.2) is 0 Å². The number of allylic oxidation sites excluding steroid dienone is 3. The van der Waals surface area contributed by atoms with Gasteiger partial charge in [-0.05, 0) is 25.1 Å². The second-order valence-corrected chi connectivity index (χ2v) is 3.18. The fourth-order valence-electron chi connectivity index (χ4n) is 1.34. The van der Waals surface area contributed by atoms with Crippen LogP contribution in [0.4, 0.5) is 0 Å². The Labute approximate surface area is 106 Å². The molecular weight excluding hydrogens is 208 g/mol. The van der Waals surface area contributed by atoms with E-state index in [0.29, 0.717) is 0 Å². The molecule has 2 rings (SSSR count). The maximum absolute atomic E-state index is 5.65. The number of hydrogen-bond acceptors (Lipinski definition) is 1. The number of benzene rings is 1. The molecule has 1 aliphatic carbocycles. The van der Waals surface area contributed by atoms with Gasteiger partial charge in [-0.15, -0.1) is 0 Å². The Morgan fingerprint density at radius 1 is 0.941 bits per heavy atom. The van der Waals surface area contributed by atoms with Crippen LogP contribution in [0.5, 0.6) is 5.75 Å². The molecule has 0 radical (unpaired) electrons. The monoisotopic (exact) mass is 232 g/mol. The Balaban J connectivity index is 0.000000581. The molecular formula is C16H24O. The lowest BCUT2D eigenvalue weighted by Gasteiger charge is -2.04. The predicted octanol–water partition coefficient (Wildman–Crippen LogP) is 5.35. The standard InChI is InChI=1S/C12H12O.2C2H6/c1-10-7-8-12(9-10)13-11-5-3-2-4-6-11;2*1-2/h2-7,9H,8H2,1H3;2*1-2H3. The minimum atomic E-state index is 0.914. The van der Waals surface area contributed by atoms with Gasteiger partial charge in [0, 0.05) is 6.42 Å². The second kappa shape index (κ2) is 9.71. The van der Waals surface area contributed by atoms with Crippen molar-refractivity contribution in [3.8, 4) is 5.75 Å². The highest BCUT2D eigenvalue weighted by Gasteiger charge is 2.04. The van der Waals surface area contributed by atoms with E-state index in [1.54, 1.807) is 0 Å². The fourth-order valence-corrected chi connectivity index (χ4v) is 1.34. The van der Waals surface area contributed by atoms with Gasteiger partial charge in [-0.3, -0.25) is 0 Å². The van der Waals surface area contributed by atoms with Gasteiger partial charge >= 0.3 is 0 Å². The van der Waals surface area contributed by atoms with E-state index in [-0.39, 0.29) is 0 Å². The van der Waals surface area contributed by atoms with E-state index in [9.17, 15) is 0 Å². The van der Waals surface area contributed by atoms with E-state index < -0.39 is 0 Å². The molecule has 1 nitrogen and oxygen atoms in total. The third-order valence-electron chi connectivity index (χ3n) is 2.01. The maximum Gasteiger partial charge on any atom is 0.126 e. The summed E-state index contributed by atoms with van der Waals surface area (Å²) in [6.07, 6.45) is 5.16. The highest BCUT2D eigenvalue weighted by Crippen LogP contribution is 2.21. The first-order valence-corrected chi connectivity index (χ1v) is 6.45. The minimum absolute atomic E-state index is 0.914. The normalized spacial score (nSPS) is 12.3. The van der Waals surface area contributed by atoms with Gasteiger partial charge in [0.15, 0.2) is 0 Å². The Bertz CT molecular complexity index is 347. The molecule has 0 aliphatic heterocycles. The Hall–Kier alpha value is -1.50. The molecule has 0 bridgehead atoms. The molecule has 0 heterocycles. The van der Waals surface area contributed by atoms with Crippen LogP contribution in [0.25, 0.3) is 0 Å². The highest BCUT2D eigenvalue weighted by atomic mass is 16.5. The van der Waals surface area contributed by atoms with Gasteiger partial charge in [-0.1, -0.05) is 57.5 Å². The second-order valence-electron chi connectivity index (χ2n) is 3.18. The highest BCUT2D eigenvalue weighted by molar-refractivity contribution is 5.31. The summed E-state index contributed by atoms with van der Waals surface area (Å²) in [4.78, 5) is 0. The van der Waals surface area contributed by atoms with Crippen LogP contribution in [0.3, 0.4) is 0 Å². The number of hydrogen-bond donors (Lipinski definition) is 0. The van der Waals surface area contributed by atoms with Crippen molar-refractivity contribution in [1.29, 1.82) is 0 Å². The lowest BCUT2D eigenvalue weighted by Crippen LogP contribution is -1.90. The molecule has 0 atom stereocenters. The lowest BCUT2D eigenvalue weighted by molar-refractivity contribution is 0.419. The third-order valence-corrected chi connectivity index (χ3v) is 2.01. The van der Waals surface area contributed by atoms with Crippen LogP contribution in [-0.2, 0) is 0 Å². The van der Waals surface area contributed by atoms with Gasteiger partial charge < -0.3 is 4.74 Å². The molecule has 1 aromatic carbocycles. The van der Waals surface area contributed by atoms with Crippen molar-refractivity contribution in [2.45, 2.75) is 41.0 Å². The largest absolute Gasteiger partial charge is 0.461 e. The summed E-state index contributed by atoms with van der Waals surface area (Å²) >= 11 is 0. The zero-order valence-electron chi connectivity index (χ0n) is 11.7. The smallest absolute Gasteiger partial charge is 0.126 e. The number of ether oxygens (including phenoxy) is 1. The van der Waals surface area contributed by atoms with E-state index in [4.69, 9.17) is 4.74 Å². The molecule has 0 saturated carbocycles. The molecule has 1 aliphatic rings. The average Bonchev–Trinajstić information content (AvgIpc) is 2.81. The Kier molecular flexibility index (Phi) is 8.85. The van der Waals surface area contributed by atoms with Gasteiger partial charge in [-0.2, -0.15) is 0 Å². The van der Waals surface area contributed by atoms with Gasteiger partial charge in [0.05, 0.1) is 0 Å². The van der Waals surface area contributed by atoms with Gasteiger partial charge in [0.25, 0.3) is 0 Å². The van der Waals surface area contributed by atoms with Gasteiger partial charge in [-0.25, -0.2) is 0 Å². The molecule has 17 heavy (non-hydrogen) atoms. The van der Waals surface area contributed by atoms with E-state index >= 15 is 0 Å². The fraction of sp³-hybridized carbons (Fsp3) is 0.375. The van der Waals surface area contributed by atoms with Crippen LogP contribution >= 0.6 is 0 Å². The maximum atomic E-state index is 5.65. The van der Waals surface area contributed by atoms with E-state index in [1.165, 1.54) is 5.57 Å². The lowest BCUT2D eigenvalue weighted by atomic mass is 10.3. The first kappa shape index (κ1) is 15.5. The van der Waals surface area contributed by atoms with Crippen LogP contribution < -0.4 is 4.74 Å². The summed E-state index contributed by atoms with van der Waals surface area (Å²) in [6, 6.07) is 9.87. The molecule has 0 N–H and O–H groups in total. The van der Waals surface area contributed by atoms with Crippen molar-refractivity contribution >= 4 is 0 Å². The predicted molar refractivity (Wildman–Crippen MR) is 76.2 cm³/mol. The summed E-state index contributed by atoms with van der Waals surface area (Å²) < 4.78 is 5.65. The van der Waals surface area contributed by atoms with E-state index in [2.05, 4.69) is 19.1 Å². The van der Waals surface area contributed by atoms with E-state index in [0.717, 1.165) is 17.9 Å². The summed E-state index contributed by atoms with van der Waals surface area (Å²) in [7, 11) is 0. The molecule has 0 fully saturated rings. The molecule has 94 valence electrons. The number of para-hydroxylation sites is 1. The molecule has 0 spiro atoms. The summed E-state index contributed by atoms with van der Waals surface area (Å²) in [5.41, 5.74) is 1.28. The first-order valence-electron chi connectivity index (χ1n) is 6.45. The molecule has 0 aromatic heterocycles. The van der Waals surface area contributed by atoms with Crippen molar-refractivity contribution in [2.75, 3.05) is 0 Å². The topological polar surface area (TPSA) is 9.23 Å². The van der Waals surface area contributed by atoms with Crippen molar-refractivity contribution in [3.63, 3.8) is 0 Å². The SMILES string of the molecule is CC.CC.CC1=CCC(Oc2ccccc2)=C1. The van der Waals surface area contributed by atoms with Crippen LogP contribution in [0.1, 0.15) is 41.0 Å². The molecule has 0 unspecified atom stereocenters. The quantitative estimate of drug-likeness (QED) is 0.667. The third kappa shape index (κ3) is 5.96. The summed E-state index contributed by atoms with van der Waals surface area (Å²) in [6.45, 7) is 10.1. The molecule has 1 heteroatoms. The molecule has 1 aromatic rings. The van der Waals surface area contributed by atoms with Crippen LogP contribution in [0.15, 0.2) is 53.8 Å². The van der Waals surface area contributed by atoms with Gasteiger partial charge in [0.1, 0.15) is 11.5 Å². The van der Waals surface area contributed by atoms with Crippen molar-refractivity contribution in [1.82, 2.24) is 0 Å².